The van der Waals surface area contributed by atoms with Gasteiger partial charge in [0.15, 0.2) is 17.5 Å². The van der Waals surface area contributed by atoms with Gasteiger partial charge in [0, 0.05) is 33.2 Å². The molecule has 9 aromatic rings. The average Bonchev–Trinajstić information content (AvgIpc) is 3.52. The predicted molar refractivity (Wildman–Crippen MR) is 201 cm³/mol. The summed E-state index contributed by atoms with van der Waals surface area (Å²) in [6, 6.07) is 63.3. The van der Waals surface area contributed by atoms with Crippen LogP contribution in [0.4, 0.5) is 0 Å². The Bertz CT molecular complexity index is 2580. The summed E-state index contributed by atoms with van der Waals surface area (Å²) < 4.78 is 2.34. The maximum atomic E-state index is 5.17. The third-order valence-electron chi connectivity index (χ3n) is 9.07. The molecule has 0 bridgehead atoms. The minimum absolute atomic E-state index is 0.628. The maximum Gasteiger partial charge on any atom is 0.164 e. The molecule has 0 amide bonds. The second-order valence-electron chi connectivity index (χ2n) is 12.1. The van der Waals surface area contributed by atoms with E-state index in [9.17, 15) is 0 Å². The van der Waals surface area contributed by atoms with Gasteiger partial charge in [-0.05, 0) is 52.6 Å². The molecule has 0 atom stereocenters. The number of aromatic nitrogens is 4. The van der Waals surface area contributed by atoms with Gasteiger partial charge < -0.3 is 4.57 Å². The predicted octanol–water partition coefficient (Wildman–Crippen LogP) is 11.3. The van der Waals surface area contributed by atoms with Gasteiger partial charge in [-0.15, -0.1) is 0 Å². The van der Waals surface area contributed by atoms with Crippen LogP contribution < -0.4 is 0 Å². The summed E-state index contributed by atoms with van der Waals surface area (Å²) in [7, 11) is 0. The topological polar surface area (TPSA) is 43.6 Å². The average molecular weight is 627 g/mol. The molecule has 49 heavy (non-hydrogen) atoms. The van der Waals surface area contributed by atoms with E-state index in [-0.39, 0.29) is 0 Å². The van der Waals surface area contributed by atoms with Gasteiger partial charge in [0.1, 0.15) is 0 Å². The summed E-state index contributed by atoms with van der Waals surface area (Å²) in [5.41, 5.74) is 10.8. The van der Waals surface area contributed by atoms with E-state index in [1.807, 2.05) is 42.5 Å². The third-order valence-corrected chi connectivity index (χ3v) is 9.07. The molecule has 0 aliphatic heterocycles. The Morgan fingerprint density at radius 2 is 0.837 bits per heavy atom. The first kappa shape index (κ1) is 28.6. The van der Waals surface area contributed by atoms with Crippen molar-refractivity contribution in [1.29, 1.82) is 0 Å². The Morgan fingerprint density at radius 1 is 0.306 bits per heavy atom. The van der Waals surface area contributed by atoms with Gasteiger partial charge in [-0.3, -0.25) is 0 Å². The van der Waals surface area contributed by atoms with Crippen LogP contribution in [0.5, 0.6) is 0 Å². The lowest BCUT2D eigenvalue weighted by atomic mass is 9.99. The molecule has 0 N–H and O–H groups in total. The normalized spacial score (nSPS) is 11.3. The van der Waals surface area contributed by atoms with Crippen LogP contribution in [0.1, 0.15) is 0 Å². The van der Waals surface area contributed by atoms with Crippen molar-refractivity contribution < 1.29 is 0 Å². The lowest BCUT2D eigenvalue weighted by Crippen LogP contribution is -2.01. The van der Waals surface area contributed by atoms with Crippen molar-refractivity contribution in [3.63, 3.8) is 0 Å². The molecular weight excluding hydrogens is 597 g/mol. The van der Waals surface area contributed by atoms with Gasteiger partial charge in [0.25, 0.3) is 0 Å². The molecule has 230 valence electrons. The lowest BCUT2D eigenvalue weighted by Gasteiger charge is -2.12. The van der Waals surface area contributed by atoms with E-state index in [1.165, 1.54) is 21.9 Å². The molecule has 2 heterocycles. The minimum atomic E-state index is 0.628. The summed E-state index contributed by atoms with van der Waals surface area (Å²) in [6.07, 6.45) is 0. The fourth-order valence-electron chi connectivity index (χ4n) is 6.71. The van der Waals surface area contributed by atoms with E-state index >= 15 is 0 Å². The molecule has 9 rings (SSSR count). The first-order valence-electron chi connectivity index (χ1n) is 16.5. The number of hydrogen-bond acceptors (Lipinski definition) is 3. The monoisotopic (exact) mass is 626 g/mol. The van der Waals surface area contributed by atoms with Crippen molar-refractivity contribution in [2.75, 3.05) is 0 Å². The first-order valence-corrected chi connectivity index (χ1v) is 16.5. The van der Waals surface area contributed by atoms with Crippen LogP contribution in [0.25, 0.3) is 83.9 Å². The highest BCUT2D eigenvalue weighted by atomic mass is 15.0. The van der Waals surface area contributed by atoms with Gasteiger partial charge in [0.2, 0.25) is 0 Å². The molecular formula is C45H30N4. The van der Waals surface area contributed by atoms with Crippen molar-refractivity contribution in [3.05, 3.63) is 182 Å². The lowest BCUT2D eigenvalue weighted by molar-refractivity contribution is 1.07. The zero-order chi connectivity index (χ0) is 32.6. The van der Waals surface area contributed by atoms with E-state index in [4.69, 9.17) is 15.0 Å². The molecule has 0 saturated carbocycles. The molecule has 2 aromatic heterocycles. The van der Waals surface area contributed by atoms with Crippen LogP contribution in [-0.4, -0.2) is 19.5 Å². The van der Waals surface area contributed by atoms with Gasteiger partial charge in [-0.2, -0.15) is 0 Å². The molecule has 7 aromatic carbocycles. The first-order chi connectivity index (χ1) is 24.3. The van der Waals surface area contributed by atoms with Crippen molar-refractivity contribution in [3.8, 4) is 62.1 Å². The highest BCUT2D eigenvalue weighted by Crippen LogP contribution is 2.38. The quantitative estimate of drug-likeness (QED) is 0.184. The summed E-state index contributed by atoms with van der Waals surface area (Å²) >= 11 is 0. The van der Waals surface area contributed by atoms with Crippen molar-refractivity contribution in [1.82, 2.24) is 19.5 Å². The maximum absolute atomic E-state index is 5.17. The van der Waals surface area contributed by atoms with Gasteiger partial charge in [-0.1, -0.05) is 152 Å². The van der Waals surface area contributed by atoms with E-state index in [0.717, 1.165) is 44.5 Å². The zero-order valence-electron chi connectivity index (χ0n) is 26.6. The number of nitrogens with zero attached hydrogens (tertiary/aromatic N) is 4. The number of rotatable bonds is 6. The molecule has 0 fully saturated rings. The molecule has 0 unspecified atom stereocenters. The smallest absolute Gasteiger partial charge is 0.164 e. The SMILES string of the molecule is c1ccc(-c2ccc3c(c2)c2ccc(-c4nc(-c5ccccc5)nc(-c5ccccc5-c5ccccc5)n4)cc2n3-c2ccccc2)cc1. The number of benzene rings is 7. The van der Waals surface area contributed by atoms with Crippen LogP contribution in [0.2, 0.25) is 0 Å². The fraction of sp³-hybridized carbons (Fsp3) is 0. The van der Waals surface area contributed by atoms with Gasteiger partial charge >= 0.3 is 0 Å². The molecule has 0 saturated heterocycles. The molecule has 4 nitrogen and oxygen atoms in total. The van der Waals surface area contributed by atoms with Crippen LogP contribution in [-0.2, 0) is 0 Å². The van der Waals surface area contributed by atoms with Crippen LogP contribution in [0.3, 0.4) is 0 Å². The number of fused-ring (bicyclic) bond motifs is 3. The second-order valence-corrected chi connectivity index (χ2v) is 12.1. The Balaban J connectivity index is 1.28. The molecule has 0 aliphatic carbocycles. The highest BCUT2D eigenvalue weighted by Gasteiger charge is 2.18. The summed E-state index contributed by atoms with van der Waals surface area (Å²) in [5.74, 6) is 1.91. The highest BCUT2D eigenvalue weighted by molar-refractivity contribution is 6.11. The third kappa shape index (κ3) is 5.26. The van der Waals surface area contributed by atoms with Crippen LogP contribution in [0, 0.1) is 0 Å². The number of hydrogen-bond donors (Lipinski definition) is 0. The molecule has 0 aliphatic rings. The van der Waals surface area contributed by atoms with E-state index in [1.54, 1.807) is 0 Å². The largest absolute Gasteiger partial charge is 0.309 e. The Morgan fingerprint density at radius 3 is 1.53 bits per heavy atom. The van der Waals surface area contributed by atoms with Gasteiger partial charge in [0.05, 0.1) is 11.0 Å². The zero-order valence-corrected chi connectivity index (χ0v) is 26.6. The van der Waals surface area contributed by atoms with E-state index < -0.39 is 0 Å². The summed E-state index contributed by atoms with van der Waals surface area (Å²) in [6.45, 7) is 0. The second kappa shape index (κ2) is 12.2. The molecule has 0 radical (unpaired) electrons. The van der Waals surface area contributed by atoms with Gasteiger partial charge in [-0.25, -0.2) is 15.0 Å². The van der Waals surface area contributed by atoms with E-state index in [0.29, 0.717) is 17.5 Å². The van der Waals surface area contributed by atoms with Crippen LogP contribution in [0.15, 0.2) is 182 Å². The standard InChI is InChI=1S/C45H30N4/c1-5-15-31(16-6-1)34-26-28-41-40(29-34)38-27-25-35(30-42(38)49(41)36-21-11-4-12-22-36)44-46-43(33-19-9-3-10-20-33)47-45(48-44)39-24-14-13-23-37(39)32-17-7-2-8-18-32/h1-30H. The van der Waals surface area contributed by atoms with E-state index in [2.05, 4.69) is 144 Å². The van der Waals surface area contributed by atoms with Crippen molar-refractivity contribution in [2.24, 2.45) is 0 Å². The number of para-hydroxylation sites is 1. The molecule has 4 heteroatoms. The summed E-state index contributed by atoms with van der Waals surface area (Å²) in [4.78, 5) is 15.3. The van der Waals surface area contributed by atoms with Crippen molar-refractivity contribution in [2.45, 2.75) is 0 Å². The minimum Gasteiger partial charge on any atom is -0.309 e. The fourth-order valence-corrected chi connectivity index (χ4v) is 6.71. The Labute approximate surface area is 284 Å². The van der Waals surface area contributed by atoms with Crippen LogP contribution >= 0.6 is 0 Å². The Kier molecular flexibility index (Phi) is 7.10. The Hall–Kier alpha value is -6.65. The summed E-state index contributed by atoms with van der Waals surface area (Å²) in [5, 5.41) is 2.37. The van der Waals surface area contributed by atoms with Crippen molar-refractivity contribution >= 4 is 21.8 Å². The molecule has 0 spiro atoms.